The van der Waals surface area contributed by atoms with Gasteiger partial charge in [0.05, 0.1) is 0 Å². The summed E-state index contributed by atoms with van der Waals surface area (Å²) in [5, 5.41) is 9.41. The van der Waals surface area contributed by atoms with E-state index in [9.17, 15) is 4.79 Å². The Morgan fingerprint density at radius 3 is 2.42 bits per heavy atom. The van der Waals surface area contributed by atoms with Crippen LogP contribution in [0.2, 0.25) is 0 Å². The van der Waals surface area contributed by atoms with Gasteiger partial charge in [0, 0.05) is 32.7 Å². The molecule has 0 aliphatic carbocycles. The molecule has 0 saturated carbocycles. The number of nitrogens with zero attached hydrogens (tertiary/aromatic N) is 1. The highest BCUT2D eigenvalue weighted by Gasteiger charge is 2.01. The summed E-state index contributed by atoms with van der Waals surface area (Å²) in [4.78, 5) is 15.4. The third kappa shape index (κ3) is 8.33. The van der Waals surface area contributed by atoms with Crippen molar-refractivity contribution in [1.82, 2.24) is 10.6 Å². The van der Waals surface area contributed by atoms with E-state index < -0.39 is 0 Å². The minimum atomic E-state index is -0.0685. The number of benzene rings is 2. The maximum Gasteiger partial charge on any atom is 0.221 e. The molecule has 0 aliphatic rings. The van der Waals surface area contributed by atoms with Crippen LogP contribution in [0.15, 0.2) is 59.6 Å². The molecule has 0 fully saturated rings. The van der Waals surface area contributed by atoms with Gasteiger partial charge in [-0.1, -0.05) is 42.5 Å². The molecule has 1 amide bonds. The quantitative estimate of drug-likeness (QED) is 0.253. The smallest absolute Gasteiger partial charge is 0.221 e. The first-order valence-electron chi connectivity index (χ1n) is 8.52. The number of anilines is 1. The fourth-order valence-electron chi connectivity index (χ4n) is 2.51. The fourth-order valence-corrected chi connectivity index (χ4v) is 2.51. The second-order valence-corrected chi connectivity index (χ2v) is 5.82. The molecule has 26 heavy (non-hydrogen) atoms. The zero-order chi connectivity index (χ0) is 17.9. The Balaban J connectivity index is 0.00000338. The molecule has 2 rings (SSSR count). The van der Waals surface area contributed by atoms with Crippen LogP contribution in [0.4, 0.5) is 5.69 Å². The van der Waals surface area contributed by atoms with Crippen LogP contribution in [-0.4, -0.2) is 25.5 Å². The highest BCUT2D eigenvalue weighted by molar-refractivity contribution is 14.0. The zero-order valence-electron chi connectivity index (χ0n) is 15.3. The van der Waals surface area contributed by atoms with Gasteiger partial charge < -0.3 is 16.0 Å². The van der Waals surface area contributed by atoms with Gasteiger partial charge in [-0.15, -0.1) is 24.0 Å². The Hall–Kier alpha value is -2.09. The van der Waals surface area contributed by atoms with Crippen molar-refractivity contribution in [2.24, 2.45) is 4.99 Å². The van der Waals surface area contributed by atoms with E-state index in [2.05, 4.69) is 45.2 Å². The third-order valence-corrected chi connectivity index (χ3v) is 3.71. The summed E-state index contributed by atoms with van der Waals surface area (Å²) in [6.45, 7) is 3.01. The minimum Gasteiger partial charge on any atom is -0.356 e. The summed E-state index contributed by atoms with van der Waals surface area (Å²) >= 11 is 0. The van der Waals surface area contributed by atoms with Crippen LogP contribution in [0.5, 0.6) is 0 Å². The Morgan fingerprint density at radius 1 is 1.00 bits per heavy atom. The van der Waals surface area contributed by atoms with Gasteiger partial charge >= 0.3 is 0 Å². The monoisotopic (exact) mass is 466 g/mol. The fraction of sp³-hybridized carbons (Fsp3) is 0.300. The molecule has 0 atom stereocenters. The van der Waals surface area contributed by atoms with E-state index in [-0.39, 0.29) is 29.9 Å². The lowest BCUT2D eigenvalue weighted by atomic mass is 10.1. The normalized spacial score (nSPS) is 10.6. The number of carbonyl (C=O) groups excluding carboxylic acids is 1. The Labute approximate surface area is 172 Å². The molecule has 140 valence electrons. The number of rotatable bonds is 7. The highest BCUT2D eigenvalue weighted by Crippen LogP contribution is 2.10. The second-order valence-electron chi connectivity index (χ2n) is 5.82. The lowest BCUT2D eigenvalue weighted by molar-refractivity contribution is -0.114. The summed E-state index contributed by atoms with van der Waals surface area (Å²) in [5.74, 6) is 0.707. The second kappa shape index (κ2) is 12.3. The number of guanidine groups is 1. The van der Waals surface area contributed by atoms with Gasteiger partial charge in [0.2, 0.25) is 5.91 Å². The number of amides is 1. The van der Waals surface area contributed by atoms with Crippen LogP contribution >= 0.6 is 24.0 Å². The number of hydrogen-bond acceptors (Lipinski definition) is 2. The predicted octanol–water partition coefficient (Wildman–Crippen LogP) is 3.56. The maximum absolute atomic E-state index is 11.1. The van der Waals surface area contributed by atoms with Gasteiger partial charge in [-0.05, 0) is 36.1 Å². The molecule has 0 aliphatic heterocycles. The molecule has 0 unspecified atom stereocenters. The van der Waals surface area contributed by atoms with Gasteiger partial charge in [-0.3, -0.25) is 9.79 Å². The van der Waals surface area contributed by atoms with E-state index in [1.165, 1.54) is 12.5 Å². The van der Waals surface area contributed by atoms with Gasteiger partial charge in [-0.25, -0.2) is 0 Å². The summed E-state index contributed by atoms with van der Waals surface area (Å²) in [6.07, 6.45) is 2.09. The average molecular weight is 466 g/mol. The third-order valence-electron chi connectivity index (χ3n) is 3.71. The standard InChI is InChI=1S/C20H26N4O.HI/c1-16(25)24-19-12-6-10-18(14-19)15-23-20(21-2)22-13-7-11-17-8-4-3-5-9-17;/h3-6,8-10,12,14H,7,11,13,15H2,1-2H3,(H,24,25)(H2,21,22,23);1H. The van der Waals surface area contributed by atoms with E-state index in [1.54, 1.807) is 7.05 Å². The Morgan fingerprint density at radius 2 is 1.73 bits per heavy atom. The van der Waals surface area contributed by atoms with E-state index in [1.807, 2.05) is 30.3 Å². The molecule has 0 radical (unpaired) electrons. The number of aliphatic imine (C=N–C) groups is 1. The summed E-state index contributed by atoms with van der Waals surface area (Å²) in [6, 6.07) is 18.2. The Kier molecular flexibility index (Phi) is 10.4. The first-order chi connectivity index (χ1) is 12.2. The van der Waals surface area contributed by atoms with Gasteiger partial charge in [-0.2, -0.15) is 0 Å². The van der Waals surface area contributed by atoms with E-state index in [4.69, 9.17) is 0 Å². The minimum absolute atomic E-state index is 0. The van der Waals surface area contributed by atoms with E-state index in [0.717, 1.165) is 36.6 Å². The first kappa shape index (κ1) is 22.0. The van der Waals surface area contributed by atoms with Crippen LogP contribution in [0.1, 0.15) is 24.5 Å². The topological polar surface area (TPSA) is 65.5 Å². The molecule has 0 heterocycles. The molecule has 0 spiro atoms. The molecule has 2 aromatic carbocycles. The van der Waals surface area contributed by atoms with Crippen molar-refractivity contribution in [1.29, 1.82) is 0 Å². The van der Waals surface area contributed by atoms with Crippen LogP contribution < -0.4 is 16.0 Å². The van der Waals surface area contributed by atoms with E-state index in [0.29, 0.717) is 6.54 Å². The SMILES string of the molecule is CN=C(NCCCc1ccccc1)NCc1cccc(NC(C)=O)c1.I. The summed E-state index contributed by atoms with van der Waals surface area (Å²) < 4.78 is 0. The van der Waals surface area contributed by atoms with Gasteiger partial charge in [0.25, 0.3) is 0 Å². The van der Waals surface area contributed by atoms with Crippen LogP contribution in [0.25, 0.3) is 0 Å². The number of hydrogen-bond donors (Lipinski definition) is 3. The van der Waals surface area contributed by atoms with Crippen LogP contribution in [0.3, 0.4) is 0 Å². The molecular formula is C20H27IN4O. The Bertz CT molecular complexity index is 704. The zero-order valence-corrected chi connectivity index (χ0v) is 17.6. The summed E-state index contributed by atoms with van der Waals surface area (Å²) in [5.41, 5.74) is 3.23. The predicted molar refractivity (Wildman–Crippen MR) is 119 cm³/mol. The molecule has 6 heteroatoms. The van der Waals surface area contributed by atoms with Crippen molar-refractivity contribution < 1.29 is 4.79 Å². The number of aryl methyl sites for hydroxylation is 1. The summed E-state index contributed by atoms with van der Waals surface area (Å²) in [7, 11) is 1.76. The molecule has 5 nitrogen and oxygen atoms in total. The highest BCUT2D eigenvalue weighted by atomic mass is 127. The molecule has 2 aromatic rings. The van der Waals surface area contributed by atoms with Crippen LogP contribution in [-0.2, 0) is 17.8 Å². The molecule has 0 bridgehead atoms. The van der Waals surface area contributed by atoms with Crippen molar-refractivity contribution in [2.75, 3.05) is 18.9 Å². The van der Waals surface area contributed by atoms with Crippen LogP contribution in [0, 0.1) is 0 Å². The first-order valence-corrected chi connectivity index (χ1v) is 8.52. The van der Waals surface area contributed by atoms with Crippen molar-refractivity contribution in [2.45, 2.75) is 26.3 Å². The molecule has 0 saturated heterocycles. The number of nitrogens with one attached hydrogen (secondary N) is 3. The number of halogens is 1. The molecular weight excluding hydrogens is 439 g/mol. The molecule has 0 aromatic heterocycles. The van der Waals surface area contributed by atoms with Gasteiger partial charge in [0.15, 0.2) is 5.96 Å². The van der Waals surface area contributed by atoms with Crippen molar-refractivity contribution in [3.8, 4) is 0 Å². The van der Waals surface area contributed by atoms with E-state index >= 15 is 0 Å². The lowest BCUT2D eigenvalue weighted by Gasteiger charge is -2.12. The van der Waals surface area contributed by atoms with Gasteiger partial charge in [0.1, 0.15) is 0 Å². The largest absolute Gasteiger partial charge is 0.356 e. The maximum atomic E-state index is 11.1. The van der Waals surface area contributed by atoms with Crippen molar-refractivity contribution in [3.63, 3.8) is 0 Å². The van der Waals surface area contributed by atoms with Crippen molar-refractivity contribution in [3.05, 3.63) is 65.7 Å². The molecule has 3 N–H and O–H groups in total. The van der Waals surface area contributed by atoms with Crippen molar-refractivity contribution >= 4 is 41.5 Å². The lowest BCUT2D eigenvalue weighted by Crippen LogP contribution is -2.37. The average Bonchev–Trinajstić information content (AvgIpc) is 2.62. The number of carbonyl (C=O) groups is 1.